The molecule has 0 saturated carbocycles. The van der Waals surface area contributed by atoms with Crippen LogP contribution in [0, 0.1) is 0 Å². The highest BCUT2D eigenvalue weighted by atomic mass is 19.3. The van der Waals surface area contributed by atoms with Gasteiger partial charge >= 0.3 is 6.61 Å². The van der Waals surface area contributed by atoms with Crippen LogP contribution in [0.4, 0.5) is 8.78 Å². The van der Waals surface area contributed by atoms with Crippen molar-refractivity contribution < 1.29 is 13.5 Å². The Bertz CT molecular complexity index is 380. The van der Waals surface area contributed by atoms with E-state index >= 15 is 0 Å². The quantitative estimate of drug-likeness (QED) is 0.564. The lowest BCUT2D eigenvalue weighted by molar-refractivity contribution is -0.0498. The van der Waals surface area contributed by atoms with Crippen LogP contribution in [0.25, 0.3) is 0 Å². The van der Waals surface area contributed by atoms with E-state index in [0.29, 0.717) is 6.54 Å². The van der Waals surface area contributed by atoms with Crippen LogP contribution in [0.15, 0.2) is 36.4 Å². The molecule has 0 aliphatic heterocycles. The first kappa shape index (κ1) is 15.6. The Kier molecular flexibility index (Phi) is 7.07. The molecule has 0 fully saturated rings. The van der Waals surface area contributed by atoms with Gasteiger partial charge in [-0.1, -0.05) is 24.3 Å². The second-order valence-corrected chi connectivity index (χ2v) is 4.05. The number of benzene rings is 1. The summed E-state index contributed by atoms with van der Waals surface area (Å²) in [4.78, 5) is 0. The number of nitrogens with one attached hydrogen (secondary N) is 1. The fourth-order valence-corrected chi connectivity index (χ4v) is 1.73. The summed E-state index contributed by atoms with van der Waals surface area (Å²) in [6.45, 7) is 0.448. The van der Waals surface area contributed by atoms with Gasteiger partial charge in [-0.2, -0.15) is 8.78 Å². The van der Waals surface area contributed by atoms with E-state index in [2.05, 4.69) is 16.1 Å². The van der Waals surface area contributed by atoms with E-state index in [0.717, 1.165) is 18.5 Å². The van der Waals surface area contributed by atoms with Crippen LogP contribution in [0.5, 0.6) is 5.75 Å². The molecule has 3 N–H and O–H groups in total. The van der Waals surface area contributed by atoms with Crippen LogP contribution in [-0.2, 0) is 0 Å². The number of ether oxygens (including phenoxy) is 1. The molecular weight excluding hydrogens is 250 g/mol. The summed E-state index contributed by atoms with van der Waals surface area (Å²) >= 11 is 0. The maximum atomic E-state index is 12.0. The molecule has 1 aromatic rings. The molecule has 5 heteroatoms. The van der Waals surface area contributed by atoms with Crippen molar-refractivity contribution in [3.8, 4) is 5.75 Å². The smallest absolute Gasteiger partial charge is 0.387 e. The molecule has 1 atom stereocenters. The molecular formula is C14H20F2N2O. The van der Waals surface area contributed by atoms with Crippen molar-refractivity contribution in [2.45, 2.75) is 26.0 Å². The molecule has 106 valence electrons. The van der Waals surface area contributed by atoms with Crippen molar-refractivity contribution in [3.05, 3.63) is 42.0 Å². The average molecular weight is 270 g/mol. The third-order valence-corrected chi connectivity index (χ3v) is 2.68. The SMILES string of the molecule is C/C=C/CCNC(CN)c1ccc(OC(F)F)cc1. The summed E-state index contributed by atoms with van der Waals surface area (Å²) in [7, 11) is 0. The topological polar surface area (TPSA) is 47.3 Å². The summed E-state index contributed by atoms with van der Waals surface area (Å²) in [5.74, 6) is 0.156. The van der Waals surface area contributed by atoms with Crippen molar-refractivity contribution in [1.29, 1.82) is 0 Å². The van der Waals surface area contributed by atoms with Crippen LogP contribution in [0.2, 0.25) is 0 Å². The van der Waals surface area contributed by atoms with E-state index in [1.54, 1.807) is 12.1 Å². The average Bonchev–Trinajstić information content (AvgIpc) is 2.40. The van der Waals surface area contributed by atoms with E-state index in [4.69, 9.17) is 5.73 Å². The molecule has 0 heterocycles. The van der Waals surface area contributed by atoms with Gasteiger partial charge in [0, 0.05) is 12.6 Å². The summed E-state index contributed by atoms with van der Waals surface area (Å²) in [6.07, 6.45) is 5.00. The molecule has 0 aromatic heterocycles. The predicted molar refractivity (Wildman–Crippen MR) is 72.3 cm³/mol. The number of hydrogen-bond donors (Lipinski definition) is 2. The maximum absolute atomic E-state index is 12.0. The van der Waals surface area contributed by atoms with Crippen LogP contribution in [-0.4, -0.2) is 19.7 Å². The van der Waals surface area contributed by atoms with Gasteiger partial charge in [0.15, 0.2) is 0 Å². The molecule has 1 aromatic carbocycles. The van der Waals surface area contributed by atoms with Crippen molar-refractivity contribution in [2.24, 2.45) is 5.73 Å². The Morgan fingerprint density at radius 3 is 2.53 bits per heavy atom. The highest BCUT2D eigenvalue weighted by molar-refractivity contribution is 5.29. The zero-order valence-corrected chi connectivity index (χ0v) is 11.0. The minimum absolute atomic E-state index is 0.0193. The summed E-state index contributed by atoms with van der Waals surface area (Å²) in [6, 6.07) is 6.57. The number of rotatable bonds is 8. The van der Waals surface area contributed by atoms with Gasteiger partial charge in [0.2, 0.25) is 0 Å². The second-order valence-electron chi connectivity index (χ2n) is 4.05. The summed E-state index contributed by atoms with van der Waals surface area (Å²) < 4.78 is 28.3. The molecule has 0 aliphatic rings. The number of alkyl halides is 2. The molecule has 0 aliphatic carbocycles. The lowest BCUT2D eigenvalue weighted by atomic mass is 10.1. The minimum Gasteiger partial charge on any atom is -0.435 e. The minimum atomic E-state index is -2.80. The van der Waals surface area contributed by atoms with Gasteiger partial charge in [-0.3, -0.25) is 0 Å². The Morgan fingerprint density at radius 1 is 1.32 bits per heavy atom. The van der Waals surface area contributed by atoms with Gasteiger partial charge in [-0.05, 0) is 37.6 Å². The highest BCUT2D eigenvalue weighted by Gasteiger charge is 2.09. The zero-order valence-electron chi connectivity index (χ0n) is 11.0. The van der Waals surface area contributed by atoms with Gasteiger partial charge in [-0.25, -0.2) is 0 Å². The van der Waals surface area contributed by atoms with E-state index < -0.39 is 6.61 Å². The van der Waals surface area contributed by atoms with Crippen molar-refractivity contribution >= 4 is 0 Å². The number of nitrogens with two attached hydrogens (primary N) is 1. The molecule has 19 heavy (non-hydrogen) atoms. The number of halogens is 2. The number of hydrogen-bond acceptors (Lipinski definition) is 3. The van der Waals surface area contributed by atoms with E-state index in [1.165, 1.54) is 12.1 Å². The van der Waals surface area contributed by atoms with Crippen LogP contribution in [0.1, 0.15) is 24.9 Å². The van der Waals surface area contributed by atoms with Crippen LogP contribution in [0.3, 0.4) is 0 Å². The first-order valence-corrected chi connectivity index (χ1v) is 6.26. The fraction of sp³-hybridized carbons (Fsp3) is 0.429. The molecule has 0 bridgehead atoms. The third kappa shape index (κ3) is 5.81. The largest absolute Gasteiger partial charge is 0.435 e. The Balaban J connectivity index is 2.55. The lowest BCUT2D eigenvalue weighted by Crippen LogP contribution is -2.28. The van der Waals surface area contributed by atoms with E-state index in [-0.39, 0.29) is 11.8 Å². The third-order valence-electron chi connectivity index (χ3n) is 2.68. The van der Waals surface area contributed by atoms with Gasteiger partial charge in [-0.15, -0.1) is 0 Å². The predicted octanol–water partition coefficient (Wildman–Crippen LogP) is 2.84. The molecule has 0 radical (unpaired) electrons. The maximum Gasteiger partial charge on any atom is 0.387 e. The molecule has 1 unspecified atom stereocenters. The van der Waals surface area contributed by atoms with Crippen LogP contribution >= 0.6 is 0 Å². The Labute approximate surface area is 112 Å². The Morgan fingerprint density at radius 2 is 2.00 bits per heavy atom. The van der Waals surface area contributed by atoms with E-state index in [9.17, 15) is 8.78 Å². The van der Waals surface area contributed by atoms with Gasteiger partial charge < -0.3 is 15.8 Å². The summed E-state index contributed by atoms with van der Waals surface area (Å²) in [5, 5.41) is 3.32. The van der Waals surface area contributed by atoms with Gasteiger partial charge in [0.05, 0.1) is 0 Å². The Hall–Kier alpha value is -1.46. The summed E-state index contributed by atoms with van der Waals surface area (Å²) in [5.41, 5.74) is 6.67. The normalized spacial score (nSPS) is 13.1. The van der Waals surface area contributed by atoms with Crippen LogP contribution < -0.4 is 15.8 Å². The lowest BCUT2D eigenvalue weighted by Gasteiger charge is -2.17. The molecule has 1 rings (SSSR count). The number of allylic oxidation sites excluding steroid dienone is 1. The van der Waals surface area contributed by atoms with Gasteiger partial charge in [0.1, 0.15) is 5.75 Å². The zero-order chi connectivity index (χ0) is 14.1. The first-order valence-electron chi connectivity index (χ1n) is 6.26. The standard InChI is InChI=1S/C14H20F2N2O/c1-2-3-4-9-18-13(10-17)11-5-7-12(8-6-11)19-14(15)16/h2-3,5-8,13-14,18H,4,9-10,17H2,1H3/b3-2+. The second kappa shape index (κ2) is 8.61. The fourth-order valence-electron chi connectivity index (χ4n) is 1.73. The van der Waals surface area contributed by atoms with Crippen molar-refractivity contribution in [1.82, 2.24) is 5.32 Å². The first-order chi connectivity index (χ1) is 9.17. The molecule has 0 saturated heterocycles. The monoisotopic (exact) mass is 270 g/mol. The van der Waals surface area contributed by atoms with Crippen molar-refractivity contribution in [3.63, 3.8) is 0 Å². The molecule has 0 amide bonds. The van der Waals surface area contributed by atoms with Crippen molar-refractivity contribution in [2.75, 3.05) is 13.1 Å². The molecule has 3 nitrogen and oxygen atoms in total. The van der Waals surface area contributed by atoms with Gasteiger partial charge in [0.25, 0.3) is 0 Å². The molecule has 0 spiro atoms. The van der Waals surface area contributed by atoms with E-state index in [1.807, 2.05) is 13.0 Å². The highest BCUT2D eigenvalue weighted by Crippen LogP contribution is 2.18.